The van der Waals surface area contributed by atoms with Gasteiger partial charge in [-0.05, 0) is 47.2 Å². The Morgan fingerprint density at radius 2 is 1.05 bits per heavy atom. The fourth-order valence-corrected chi connectivity index (χ4v) is 2.10. The molecule has 20 heavy (non-hydrogen) atoms. The molecule has 0 aliphatic carbocycles. The lowest BCUT2D eigenvalue weighted by Crippen LogP contribution is -1.88. The van der Waals surface area contributed by atoms with Crippen LogP contribution in [0.5, 0.6) is 0 Å². The van der Waals surface area contributed by atoms with Gasteiger partial charge in [-0.25, -0.2) is 0 Å². The summed E-state index contributed by atoms with van der Waals surface area (Å²) in [7, 11) is 0. The van der Waals surface area contributed by atoms with Crippen molar-refractivity contribution in [3.8, 4) is 11.8 Å². The minimum atomic E-state index is 0.543. The van der Waals surface area contributed by atoms with Crippen LogP contribution in [-0.2, 0) is 0 Å². The highest BCUT2D eigenvalue weighted by Gasteiger charge is 1.99. The topological polar surface area (TPSA) is 0 Å². The largest absolute Gasteiger partial charge is 0.0616 e. The Balaban J connectivity index is 2.26. The zero-order valence-electron chi connectivity index (χ0n) is 12.8. The molecule has 0 atom stereocenters. The average Bonchev–Trinajstić information content (AvgIpc) is 2.45. The lowest BCUT2D eigenvalue weighted by atomic mass is 10.00. The fraction of sp³-hybridized carbons (Fsp3) is 0.300. The molecular weight excluding hydrogens is 240 g/mol. The van der Waals surface area contributed by atoms with Gasteiger partial charge in [0.05, 0.1) is 0 Å². The molecule has 0 nitrogen and oxygen atoms in total. The van der Waals surface area contributed by atoms with Gasteiger partial charge >= 0.3 is 0 Å². The van der Waals surface area contributed by atoms with Crippen molar-refractivity contribution in [2.24, 2.45) is 0 Å². The zero-order chi connectivity index (χ0) is 14.5. The lowest BCUT2D eigenvalue weighted by Gasteiger charge is -2.05. The molecule has 0 spiro atoms. The third-order valence-corrected chi connectivity index (χ3v) is 3.46. The van der Waals surface area contributed by atoms with Crippen molar-refractivity contribution < 1.29 is 0 Å². The summed E-state index contributed by atoms with van der Waals surface area (Å²) in [5.74, 6) is 7.63. The third kappa shape index (κ3) is 3.75. The first-order valence-corrected chi connectivity index (χ1v) is 7.28. The molecule has 2 aromatic rings. The second-order valence-corrected chi connectivity index (χ2v) is 5.81. The second-order valence-electron chi connectivity index (χ2n) is 5.81. The van der Waals surface area contributed by atoms with Crippen molar-refractivity contribution in [2.45, 2.75) is 39.5 Å². The molecule has 0 bridgehead atoms. The molecule has 2 aromatic carbocycles. The summed E-state index contributed by atoms with van der Waals surface area (Å²) in [6.07, 6.45) is 0. The van der Waals surface area contributed by atoms with E-state index in [9.17, 15) is 0 Å². The fourth-order valence-electron chi connectivity index (χ4n) is 2.10. The molecule has 0 heterocycles. The standard InChI is InChI=1S/C20H22/c1-15(2)19-9-5-7-17(13-19)11-12-18-8-6-10-20(14-18)16(3)4/h5-10,13-16H,1-4H3. The van der Waals surface area contributed by atoms with Crippen molar-refractivity contribution in [2.75, 3.05) is 0 Å². The smallest absolute Gasteiger partial charge is 0.0251 e. The van der Waals surface area contributed by atoms with Crippen molar-refractivity contribution >= 4 is 0 Å². The molecule has 0 saturated heterocycles. The molecule has 2 rings (SSSR count). The van der Waals surface area contributed by atoms with Crippen LogP contribution in [0.25, 0.3) is 0 Å². The van der Waals surface area contributed by atoms with Gasteiger partial charge in [0.15, 0.2) is 0 Å². The summed E-state index contributed by atoms with van der Waals surface area (Å²) in [6, 6.07) is 17.0. The van der Waals surface area contributed by atoms with Gasteiger partial charge in [0.25, 0.3) is 0 Å². The van der Waals surface area contributed by atoms with Gasteiger partial charge < -0.3 is 0 Å². The summed E-state index contributed by atoms with van der Waals surface area (Å²) < 4.78 is 0. The summed E-state index contributed by atoms with van der Waals surface area (Å²) in [5.41, 5.74) is 4.86. The van der Waals surface area contributed by atoms with E-state index in [2.05, 4.69) is 88.1 Å². The van der Waals surface area contributed by atoms with E-state index in [1.165, 1.54) is 11.1 Å². The van der Waals surface area contributed by atoms with Gasteiger partial charge in [-0.2, -0.15) is 0 Å². The van der Waals surface area contributed by atoms with E-state index in [0.717, 1.165) is 11.1 Å². The van der Waals surface area contributed by atoms with Gasteiger partial charge in [0.1, 0.15) is 0 Å². The van der Waals surface area contributed by atoms with Crippen LogP contribution in [-0.4, -0.2) is 0 Å². The lowest BCUT2D eigenvalue weighted by molar-refractivity contribution is 0.866. The van der Waals surface area contributed by atoms with E-state index in [1.54, 1.807) is 0 Å². The second kappa shape index (κ2) is 6.44. The first-order valence-electron chi connectivity index (χ1n) is 7.28. The molecule has 0 saturated carbocycles. The zero-order valence-corrected chi connectivity index (χ0v) is 12.8. The number of hydrogen-bond acceptors (Lipinski definition) is 0. The summed E-state index contributed by atoms with van der Waals surface area (Å²) in [5, 5.41) is 0. The monoisotopic (exact) mass is 262 g/mol. The molecule has 102 valence electrons. The third-order valence-electron chi connectivity index (χ3n) is 3.46. The summed E-state index contributed by atoms with van der Waals surface area (Å²) in [4.78, 5) is 0. The Labute approximate surface area is 122 Å². The van der Waals surface area contributed by atoms with E-state index in [0.29, 0.717) is 11.8 Å². The highest BCUT2D eigenvalue weighted by Crippen LogP contribution is 2.16. The molecule has 0 aliphatic heterocycles. The van der Waals surface area contributed by atoms with Crippen LogP contribution in [0.2, 0.25) is 0 Å². The Bertz CT molecular complexity index is 581. The number of hydrogen-bond donors (Lipinski definition) is 0. The van der Waals surface area contributed by atoms with Gasteiger partial charge in [-0.3, -0.25) is 0 Å². The van der Waals surface area contributed by atoms with Crippen LogP contribution < -0.4 is 0 Å². The molecule has 0 amide bonds. The Morgan fingerprint density at radius 3 is 1.40 bits per heavy atom. The Morgan fingerprint density at radius 1 is 0.650 bits per heavy atom. The summed E-state index contributed by atoms with van der Waals surface area (Å²) in [6.45, 7) is 8.83. The number of benzene rings is 2. The molecule has 0 aromatic heterocycles. The molecule has 0 aliphatic rings. The normalized spacial score (nSPS) is 10.5. The summed E-state index contributed by atoms with van der Waals surface area (Å²) >= 11 is 0. The predicted octanol–water partition coefficient (Wildman–Crippen LogP) is 5.33. The average molecular weight is 262 g/mol. The van der Waals surface area contributed by atoms with Crippen LogP contribution in [0.15, 0.2) is 48.5 Å². The molecule has 0 heteroatoms. The van der Waals surface area contributed by atoms with Crippen molar-refractivity contribution in [1.29, 1.82) is 0 Å². The maximum absolute atomic E-state index is 3.27. The van der Waals surface area contributed by atoms with E-state index >= 15 is 0 Å². The molecule has 0 unspecified atom stereocenters. The predicted molar refractivity (Wildman–Crippen MR) is 87.0 cm³/mol. The first kappa shape index (κ1) is 14.4. The van der Waals surface area contributed by atoms with Crippen LogP contribution in [0.1, 0.15) is 61.8 Å². The van der Waals surface area contributed by atoms with E-state index in [1.807, 2.05) is 0 Å². The minimum absolute atomic E-state index is 0.543. The van der Waals surface area contributed by atoms with Crippen LogP contribution in [0.3, 0.4) is 0 Å². The maximum atomic E-state index is 3.27. The molecule has 0 radical (unpaired) electrons. The SMILES string of the molecule is CC(C)c1cccc(C#Cc2cccc(C(C)C)c2)c1. The Hall–Kier alpha value is -2.00. The first-order chi connectivity index (χ1) is 9.56. The molecular formula is C20H22. The van der Waals surface area contributed by atoms with Crippen LogP contribution in [0, 0.1) is 11.8 Å². The highest BCUT2D eigenvalue weighted by molar-refractivity contribution is 5.45. The van der Waals surface area contributed by atoms with E-state index in [-0.39, 0.29) is 0 Å². The van der Waals surface area contributed by atoms with Crippen molar-refractivity contribution in [3.05, 3.63) is 70.8 Å². The quantitative estimate of drug-likeness (QED) is 0.641. The highest BCUT2D eigenvalue weighted by atomic mass is 14.0. The van der Waals surface area contributed by atoms with Gasteiger partial charge in [0, 0.05) is 11.1 Å². The van der Waals surface area contributed by atoms with Crippen LogP contribution in [0.4, 0.5) is 0 Å². The van der Waals surface area contributed by atoms with Crippen molar-refractivity contribution in [3.63, 3.8) is 0 Å². The molecule has 0 N–H and O–H groups in total. The van der Waals surface area contributed by atoms with E-state index in [4.69, 9.17) is 0 Å². The maximum Gasteiger partial charge on any atom is 0.0251 e. The van der Waals surface area contributed by atoms with Gasteiger partial charge in [0.2, 0.25) is 0 Å². The number of rotatable bonds is 2. The van der Waals surface area contributed by atoms with Gasteiger partial charge in [-0.15, -0.1) is 0 Å². The minimum Gasteiger partial charge on any atom is -0.0616 e. The van der Waals surface area contributed by atoms with Crippen LogP contribution >= 0.6 is 0 Å². The van der Waals surface area contributed by atoms with Crippen molar-refractivity contribution in [1.82, 2.24) is 0 Å². The molecule has 0 fully saturated rings. The van der Waals surface area contributed by atoms with E-state index < -0.39 is 0 Å². The Kier molecular flexibility index (Phi) is 4.64. The van der Waals surface area contributed by atoms with Gasteiger partial charge in [-0.1, -0.05) is 63.8 Å².